The lowest BCUT2D eigenvalue weighted by atomic mass is 9.99. The van der Waals surface area contributed by atoms with Crippen molar-refractivity contribution in [3.63, 3.8) is 0 Å². The van der Waals surface area contributed by atoms with E-state index in [9.17, 15) is 4.79 Å². The molecule has 0 fully saturated rings. The van der Waals surface area contributed by atoms with E-state index in [4.69, 9.17) is 19.6 Å². The maximum absolute atomic E-state index is 15.4. The van der Waals surface area contributed by atoms with Gasteiger partial charge in [0.2, 0.25) is 0 Å². The zero-order valence-electron chi connectivity index (χ0n) is 22.7. The van der Waals surface area contributed by atoms with Crippen LogP contribution in [0.3, 0.4) is 0 Å². The number of amidine groups is 1. The minimum Gasteiger partial charge on any atom is -0.493 e. The van der Waals surface area contributed by atoms with E-state index in [1.807, 2.05) is 29.8 Å². The van der Waals surface area contributed by atoms with Crippen molar-refractivity contribution in [2.45, 2.75) is 19.3 Å². The fraction of sp³-hybridized carbons (Fsp3) is 0.156. The van der Waals surface area contributed by atoms with Crippen LogP contribution in [0.15, 0.2) is 83.3 Å². The maximum Gasteiger partial charge on any atom is 0.335 e. The molecule has 0 saturated heterocycles. The van der Waals surface area contributed by atoms with E-state index in [1.165, 1.54) is 18.2 Å². The number of aliphatic imine (C=N–C) groups is 1. The minimum absolute atomic E-state index is 0.0812. The molecule has 0 saturated carbocycles. The zero-order chi connectivity index (χ0) is 28.9. The number of fused-ring (bicyclic) bond motifs is 1. The molecule has 0 bridgehead atoms. The number of methoxy groups -OCH3 is 2. The van der Waals surface area contributed by atoms with Crippen molar-refractivity contribution in [1.82, 2.24) is 4.98 Å². The van der Waals surface area contributed by atoms with Crippen molar-refractivity contribution < 1.29 is 23.8 Å². The predicted molar refractivity (Wildman–Crippen MR) is 162 cm³/mol. The highest BCUT2D eigenvalue weighted by Gasteiger charge is 2.24. The standard InChI is InChI=1S/C32H28FN3O4S/c1-4-20-16-26(23-7-5-6-22(15-23)25(33)14-19-8-10-21(11-9-19)32(37)38)36-31(29-30(20)41-18-34-29)35-24-12-13-27(39-2)28(17-24)40-3/h5-18,20H,4H2,1-3H3,(H,35,36)(H,37,38). The molecule has 1 aliphatic heterocycles. The molecule has 2 N–H and O–H groups in total. The number of halogens is 1. The van der Waals surface area contributed by atoms with Crippen LogP contribution >= 0.6 is 11.3 Å². The molecule has 5 rings (SSSR count). The van der Waals surface area contributed by atoms with Crippen LogP contribution in [-0.2, 0) is 0 Å². The first-order valence-corrected chi connectivity index (χ1v) is 13.8. The number of ether oxygens (including phenoxy) is 2. The van der Waals surface area contributed by atoms with Crippen LogP contribution in [0.1, 0.15) is 56.9 Å². The third kappa shape index (κ3) is 6.05. The number of allylic oxidation sites excluding steroid dienone is 1. The number of benzene rings is 3. The van der Waals surface area contributed by atoms with Gasteiger partial charge in [0.25, 0.3) is 0 Å². The summed E-state index contributed by atoms with van der Waals surface area (Å²) < 4.78 is 26.2. The molecule has 4 aromatic rings. The molecule has 1 aromatic heterocycles. The number of carbonyl (C=O) groups is 1. The van der Waals surface area contributed by atoms with E-state index in [1.54, 1.807) is 55.9 Å². The molecule has 1 unspecified atom stereocenters. The number of nitrogens with one attached hydrogen (secondary N) is 1. The van der Waals surface area contributed by atoms with E-state index in [2.05, 4.69) is 23.3 Å². The molecule has 9 heteroatoms. The third-order valence-electron chi connectivity index (χ3n) is 6.72. The number of carboxylic acid groups (broad SMARTS) is 1. The van der Waals surface area contributed by atoms with Crippen LogP contribution in [0.25, 0.3) is 17.6 Å². The van der Waals surface area contributed by atoms with Crippen LogP contribution in [0.2, 0.25) is 0 Å². The van der Waals surface area contributed by atoms with Crippen molar-refractivity contribution in [1.29, 1.82) is 0 Å². The fourth-order valence-electron chi connectivity index (χ4n) is 4.55. The van der Waals surface area contributed by atoms with Gasteiger partial charge in [0.05, 0.1) is 31.0 Å². The number of carboxylic acids is 1. The summed E-state index contributed by atoms with van der Waals surface area (Å²) in [5.74, 6) is 0.394. The molecular formula is C32H28FN3O4S. The van der Waals surface area contributed by atoms with Crippen LogP contribution in [0, 0.1) is 0 Å². The maximum atomic E-state index is 15.4. The van der Waals surface area contributed by atoms with Crippen LogP contribution in [0.4, 0.5) is 10.1 Å². The second kappa shape index (κ2) is 12.2. The van der Waals surface area contributed by atoms with E-state index in [0.29, 0.717) is 34.2 Å². The summed E-state index contributed by atoms with van der Waals surface area (Å²) in [6.45, 7) is 2.11. The van der Waals surface area contributed by atoms with E-state index >= 15 is 4.39 Å². The Morgan fingerprint density at radius 1 is 1.05 bits per heavy atom. The summed E-state index contributed by atoms with van der Waals surface area (Å²) in [5, 5.41) is 12.5. The first kappa shape index (κ1) is 27.8. The summed E-state index contributed by atoms with van der Waals surface area (Å²) in [6.07, 6.45) is 4.33. The van der Waals surface area contributed by atoms with Crippen molar-refractivity contribution in [2.24, 2.45) is 4.99 Å². The molecule has 208 valence electrons. The minimum atomic E-state index is -1.03. The number of anilines is 1. The number of aromatic nitrogens is 1. The van der Waals surface area contributed by atoms with E-state index < -0.39 is 11.8 Å². The molecule has 41 heavy (non-hydrogen) atoms. The summed E-state index contributed by atoms with van der Waals surface area (Å²) in [7, 11) is 3.17. The molecule has 0 spiro atoms. The Morgan fingerprint density at radius 2 is 1.83 bits per heavy atom. The number of rotatable bonds is 8. The van der Waals surface area contributed by atoms with Gasteiger partial charge in [-0.15, -0.1) is 11.3 Å². The lowest BCUT2D eigenvalue weighted by Gasteiger charge is -2.13. The van der Waals surface area contributed by atoms with Crippen molar-refractivity contribution >= 4 is 46.4 Å². The van der Waals surface area contributed by atoms with Crippen molar-refractivity contribution in [3.05, 3.63) is 111 Å². The van der Waals surface area contributed by atoms with Gasteiger partial charge in [-0.2, -0.15) is 0 Å². The van der Waals surface area contributed by atoms with Crippen LogP contribution < -0.4 is 14.8 Å². The molecule has 3 aromatic carbocycles. The number of hydrogen-bond donors (Lipinski definition) is 2. The van der Waals surface area contributed by atoms with Gasteiger partial charge >= 0.3 is 5.97 Å². The molecule has 0 radical (unpaired) electrons. The van der Waals surface area contributed by atoms with Gasteiger partial charge in [0, 0.05) is 33.7 Å². The topological polar surface area (TPSA) is 93.0 Å². The Labute approximate surface area is 241 Å². The lowest BCUT2D eigenvalue weighted by Crippen LogP contribution is -2.16. The Balaban J connectivity index is 1.51. The predicted octanol–water partition coefficient (Wildman–Crippen LogP) is 7.73. The highest BCUT2D eigenvalue weighted by Crippen LogP contribution is 2.37. The molecule has 1 atom stereocenters. The highest BCUT2D eigenvalue weighted by molar-refractivity contribution is 7.10. The lowest BCUT2D eigenvalue weighted by molar-refractivity contribution is 0.0697. The van der Waals surface area contributed by atoms with E-state index in [0.717, 1.165) is 28.2 Å². The van der Waals surface area contributed by atoms with Gasteiger partial charge in [-0.25, -0.2) is 19.2 Å². The molecular weight excluding hydrogens is 541 g/mol. The Kier molecular flexibility index (Phi) is 8.26. The Hall–Kier alpha value is -4.76. The zero-order valence-corrected chi connectivity index (χ0v) is 23.5. The largest absolute Gasteiger partial charge is 0.493 e. The molecule has 7 nitrogen and oxygen atoms in total. The second-order valence-corrected chi connectivity index (χ2v) is 10.2. The number of hydrogen-bond acceptors (Lipinski definition) is 7. The smallest absolute Gasteiger partial charge is 0.335 e. The van der Waals surface area contributed by atoms with Crippen molar-refractivity contribution in [3.8, 4) is 11.5 Å². The normalized spacial score (nSPS) is 14.8. The molecule has 0 amide bonds. The van der Waals surface area contributed by atoms with Gasteiger partial charge in [-0.05, 0) is 54.5 Å². The van der Waals surface area contributed by atoms with Crippen LogP contribution in [-0.4, -0.2) is 36.1 Å². The van der Waals surface area contributed by atoms with E-state index in [-0.39, 0.29) is 11.5 Å². The highest BCUT2D eigenvalue weighted by atomic mass is 32.1. The Morgan fingerprint density at radius 3 is 2.54 bits per heavy atom. The number of aromatic carboxylic acids is 1. The summed E-state index contributed by atoms with van der Waals surface area (Å²) in [4.78, 5) is 21.9. The fourth-order valence-corrected chi connectivity index (χ4v) is 5.50. The van der Waals surface area contributed by atoms with Gasteiger partial charge in [0.1, 0.15) is 11.5 Å². The SMILES string of the molecule is CCC1C=C(c2cccc(C(F)=Cc3ccc(C(=O)O)cc3)c2)N=C(Nc2ccc(OC)c(OC)c2)c2ncsc21. The quantitative estimate of drug-likeness (QED) is 0.211. The average molecular weight is 570 g/mol. The van der Waals surface area contributed by atoms with Crippen LogP contribution in [0.5, 0.6) is 11.5 Å². The summed E-state index contributed by atoms with van der Waals surface area (Å²) >= 11 is 1.58. The average Bonchev–Trinajstić information content (AvgIpc) is 3.43. The number of thiazole rings is 1. The van der Waals surface area contributed by atoms with Gasteiger partial charge in [-0.1, -0.05) is 37.3 Å². The van der Waals surface area contributed by atoms with Gasteiger partial charge in [-0.3, -0.25) is 0 Å². The molecule has 2 heterocycles. The summed E-state index contributed by atoms with van der Waals surface area (Å²) in [5.41, 5.74) is 5.91. The number of nitrogens with zero attached hydrogens (tertiary/aromatic N) is 2. The molecule has 1 aliphatic rings. The second-order valence-electron chi connectivity index (χ2n) is 9.29. The van der Waals surface area contributed by atoms with Crippen molar-refractivity contribution in [2.75, 3.05) is 19.5 Å². The van der Waals surface area contributed by atoms with Gasteiger partial charge < -0.3 is 19.9 Å². The first-order valence-electron chi connectivity index (χ1n) is 12.9. The third-order valence-corrected chi connectivity index (χ3v) is 7.68. The monoisotopic (exact) mass is 569 g/mol. The first-order chi connectivity index (χ1) is 19.9. The Bertz CT molecular complexity index is 1670. The summed E-state index contributed by atoms with van der Waals surface area (Å²) in [6, 6.07) is 18.8. The van der Waals surface area contributed by atoms with Gasteiger partial charge in [0.15, 0.2) is 17.3 Å². The molecule has 0 aliphatic carbocycles.